The molecule has 0 spiro atoms. The Morgan fingerprint density at radius 1 is 1.90 bits per heavy atom. The van der Waals surface area contributed by atoms with Gasteiger partial charge in [0, 0.05) is 6.54 Å². The average molecular weight is 144 g/mol. The molecule has 0 saturated carbocycles. The maximum absolute atomic E-state index is 10.2. The third-order valence-electron chi connectivity index (χ3n) is 0.981. The van der Waals surface area contributed by atoms with Crippen LogP contribution < -0.4 is 11.0 Å². The van der Waals surface area contributed by atoms with Gasteiger partial charge in [-0.3, -0.25) is 4.79 Å². The number of rotatable bonds is 5. The maximum atomic E-state index is 10.2. The van der Waals surface area contributed by atoms with E-state index >= 15 is 0 Å². The summed E-state index contributed by atoms with van der Waals surface area (Å²) >= 11 is 0. The van der Waals surface area contributed by atoms with Gasteiger partial charge in [0.05, 0.1) is 6.19 Å². The smallest absolute Gasteiger partial charge is 0.320 e. The minimum absolute atomic E-state index is 0.0107. The molecule has 56 valence electrons. The summed E-state index contributed by atoms with van der Waals surface area (Å²) in [5.74, 6) is -1.04. The van der Waals surface area contributed by atoms with Gasteiger partial charge in [0.15, 0.2) is 0 Å². The number of nitrogens with two attached hydrogens (primary N) is 1. The fraction of sp³-hybridized carbons (Fsp3) is 0.500. The summed E-state index contributed by atoms with van der Waals surface area (Å²) in [6.45, 7) is -0.0107. The van der Waals surface area contributed by atoms with Crippen molar-refractivity contribution in [3.8, 4) is 0 Å². The first kappa shape index (κ1) is 9.12. The summed E-state index contributed by atoms with van der Waals surface area (Å²) in [7, 11) is 0.0220. The van der Waals surface area contributed by atoms with Gasteiger partial charge in [-0.1, -0.05) is 0 Å². The number of aliphatic carboxylic acids is 1. The Morgan fingerprint density at radius 2 is 2.50 bits per heavy atom. The molecule has 0 aliphatic rings. The van der Waals surface area contributed by atoms with Crippen LogP contribution in [-0.4, -0.2) is 37.3 Å². The van der Waals surface area contributed by atoms with E-state index in [4.69, 9.17) is 10.8 Å². The van der Waals surface area contributed by atoms with Gasteiger partial charge in [0.25, 0.3) is 7.41 Å². The summed E-state index contributed by atoms with van der Waals surface area (Å²) in [5.41, 5.74) is 5.06. The van der Waals surface area contributed by atoms with E-state index in [1.54, 1.807) is 0 Å². The Balaban J connectivity index is 3.60. The van der Waals surface area contributed by atoms with Gasteiger partial charge in [0.1, 0.15) is 6.04 Å². The van der Waals surface area contributed by atoms with Crippen LogP contribution >= 0.6 is 0 Å². The summed E-state index contributed by atoms with van der Waals surface area (Å²) in [4.78, 5) is 19.9. The van der Waals surface area contributed by atoms with Crippen molar-refractivity contribution < 1.29 is 14.7 Å². The zero-order chi connectivity index (χ0) is 7.98. The first-order chi connectivity index (χ1) is 4.72. The standard InChI is InChI=1S/C4H9BN2O3/c6-1-3(4(9)10)7-5-2-8/h2-3,5,7H,1,6H2,(H,9,10)/t3-/m0/s1. The van der Waals surface area contributed by atoms with Crippen molar-refractivity contribution in [3.63, 3.8) is 0 Å². The zero-order valence-corrected chi connectivity index (χ0v) is 5.41. The van der Waals surface area contributed by atoms with Crippen LogP contribution in [0.4, 0.5) is 0 Å². The fourth-order valence-corrected chi connectivity index (χ4v) is 0.462. The molecule has 0 radical (unpaired) electrons. The Bertz CT molecular complexity index is 130. The fourth-order valence-electron chi connectivity index (χ4n) is 0.462. The van der Waals surface area contributed by atoms with Gasteiger partial charge >= 0.3 is 5.97 Å². The lowest BCUT2D eigenvalue weighted by Crippen LogP contribution is -2.44. The molecular weight excluding hydrogens is 135 g/mol. The normalized spacial score (nSPS) is 12.1. The molecule has 0 rings (SSSR count). The number of hydrogen-bond acceptors (Lipinski definition) is 4. The van der Waals surface area contributed by atoms with Crippen LogP contribution in [0.2, 0.25) is 0 Å². The van der Waals surface area contributed by atoms with Crippen LogP contribution in [0.25, 0.3) is 0 Å². The third-order valence-corrected chi connectivity index (χ3v) is 0.981. The first-order valence-corrected chi connectivity index (χ1v) is 2.82. The van der Waals surface area contributed by atoms with E-state index in [9.17, 15) is 9.59 Å². The van der Waals surface area contributed by atoms with Crippen LogP contribution in [0.1, 0.15) is 0 Å². The van der Waals surface area contributed by atoms with Crippen molar-refractivity contribution in [2.75, 3.05) is 6.54 Å². The molecule has 0 aromatic rings. The van der Waals surface area contributed by atoms with Crippen LogP contribution in [0.15, 0.2) is 0 Å². The lowest BCUT2D eigenvalue weighted by molar-refractivity contribution is -0.138. The molecular formula is C4H9BN2O3. The summed E-state index contributed by atoms with van der Waals surface area (Å²) < 4.78 is 0. The number of carboxylic acid groups (broad SMARTS) is 1. The number of hydrogen-bond donors (Lipinski definition) is 3. The molecule has 0 amide bonds. The highest BCUT2D eigenvalue weighted by molar-refractivity contribution is 6.64. The molecule has 0 aromatic heterocycles. The van der Waals surface area contributed by atoms with Gasteiger partial charge in [0.2, 0.25) is 0 Å². The SMILES string of the molecule is NC[C@H](NBC=O)C(=O)O. The average Bonchev–Trinajstić information content (AvgIpc) is 1.89. The molecule has 1 atom stereocenters. The Hall–Kier alpha value is -0.875. The molecule has 4 N–H and O–H groups in total. The molecule has 0 fully saturated rings. The molecule has 0 unspecified atom stereocenters. The van der Waals surface area contributed by atoms with E-state index in [1.165, 1.54) is 0 Å². The highest BCUT2D eigenvalue weighted by atomic mass is 16.4. The molecule has 0 heterocycles. The predicted octanol–water partition coefficient (Wildman–Crippen LogP) is -2.47. The van der Waals surface area contributed by atoms with Crippen molar-refractivity contribution in [2.45, 2.75) is 6.04 Å². The lowest BCUT2D eigenvalue weighted by Gasteiger charge is -2.07. The number of nitrogens with one attached hydrogen (secondary N) is 1. The summed E-state index contributed by atoms with van der Waals surface area (Å²) in [5, 5.41) is 10.8. The second-order valence-corrected chi connectivity index (χ2v) is 1.70. The Kier molecular flexibility index (Phi) is 4.52. The molecule has 0 bridgehead atoms. The quantitative estimate of drug-likeness (QED) is 0.293. The van der Waals surface area contributed by atoms with Crippen LogP contribution in [0, 0.1) is 0 Å². The van der Waals surface area contributed by atoms with Gasteiger partial charge in [-0.2, -0.15) is 0 Å². The van der Waals surface area contributed by atoms with Gasteiger partial charge in [-0.05, 0) is 0 Å². The second-order valence-electron chi connectivity index (χ2n) is 1.70. The highest BCUT2D eigenvalue weighted by Crippen LogP contribution is 1.76. The minimum Gasteiger partial charge on any atom is -0.480 e. The van der Waals surface area contributed by atoms with Crippen molar-refractivity contribution in [3.05, 3.63) is 0 Å². The molecule has 6 heteroatoms. The van der Waals surface area contributed by atoms with Crippen molar-refractivity contribution in [1.82, 2.24) is 5.23 Å². The third kappa shape index (κ3) is 3.21. The topological polar surface area (TPSA) is 92.4 Å². The maximum Gasteiger partial charge on any atom is 0.320 e. The van der Waals surface area contributed by atoms with Gasteiger partial charge in [-0.15, -0.1) is 0 Å². The number of carboxylic acids is 1. The molecule has 0 saturated heterocycles. The van der Waals surface area contributed by atoms with Crippen molar-refractivity contribution >= 4 is 19.6 Å². The Morgan fingerprint density at radius 3 is 2.80 bits per heavy atom. The van der Waals surface area contributed by atoms with Gasteiger partial charge < -0.3 is 20.9 Å². The summed E-state index contributed by atoms with van der Waals surface area (Å²) in [6.07, 6.45) is 0.589. The molecule has 0 aromatic carbocycles. The van der Waals surface area contributed by atoms with Crippen molar-refractivity contribution in [1.29, 1.82) is 0 Å². The molecule has 0 aliphatic carbocycles. The van der Waals surface area contributed by atoms with E-state index in [0.717, 1.165) is 0 Å². The summed E-state index contributed by atoms with van der Waals surface area (Å²) in [6, 6.07) is -0.815. The van der Waals surface area contributed by atoms with E-state index in [-0.39, 0.29) is 14.0 Å². The second kappa shape index (κ2) is 4.95. The predicted molar refractivity (Wildman–Crippen MR) is 37.5 cm³/mol. The minimum atomic E-state index is -1.04. The van der Waals surface area contributed by atoms with E-state index in [1.807, 2.05) is 0 Å². The highest BCUT2D eigenvalue weighted by Gasteiger charge is 2.13. The van der Waals surface area contributed by atoms with Crippen LogP contribution in [0.3, 0.4) is 0 Å². The largest absolute Gasteiger partial charge is 0.480 e. The van der Waals surface area contributed by atoms with Gasteiger partial charge in [-0.25, -0.2) is 0 Å². The zero-order valence-electron chi connectivity index (χ0n) is 5.41. The van der Waals surface area contributed by atoms with E-state index < -0.39 is 12.0 Å². The number of carbonyl (C=O) groups is 2. The number of carbonyl (C=O) groups excluding carboxylic acids is 1. The Labute approximate surface area is 58.9 Å². The molecule has 10 heavy (non-hydrogen) atoms. The monoisotopic (exact) mass is 144 g/mol. The van der Waals surface area contributed by atoms with Crippen LogP contribution in [-0.2, 0) is 9.59 Å². The lowest BCUT2D eigenvalue weighted by atomic mass is 9.97. The van der Waals surface area contributed by atoms with E-state index in [0.29, 0.717) is 6.19 Å². The first-order valence-electron chi connectivity index (χ1n) is 2.82. The van der Waals surface area contributed by atoms with Crippen LogP contribution in [0.5, 0.6) is 0 Å². The van der Waals surface area contributed by atoms with E-state index in [2.05, 4.69) is 5.23 Å². The molecule has 5 nitrogen and oxygen atoms in total. The van der Waals surface area contributed by atoms with Crippen molar-refractivity contribution in [2.24, 2.45) is 5.73 Å². The molecule has 0 aliphatic heterocycles.